The molecule has 0 aromatic heterocycles. The summed E-state index contributed by atoms with van der Waals surface area (Å²) in [5, 5.41) is 21.8. The van der Waals surface area contributed by atoms with E-state index in [0.717, 1.165) is 30.5 Å². The van der Waals surface area contributed by atoms with Crippen molar-refractivity contribution < 1.29 is 59.4 Å². The summed E-state index contributed by atoms with van der Waals surface area (Å²) in [5.41, 5.74) is -0.0742. The molecule has 0 saturated carbocycles. The summed E-state index contributed by atoms with van der Waals surface area (Å²) >= 11 is 0. The number of ether oxygens (including phenoxy) is 3. The third kappa shape index (κ3) is 26.0. The average molecular weight is 835 g/mol. The van der Waals surface area contributed by atoms with E-state index in [4.69, 9.17) is 20.6 Å². The highest BCUT2D eigenvalue weighted by Gasteiger charge is 2.29. The van der Waals surface area contributed by atoms with E-state index in [9.17, 15) is 41.0 Å². The molecule has 1 aliphatic rings. The van der Waals surface area contributed by atoms with Crippen LogP contribution in [0.15, 0.2) is 36.9 Å². The van der Waals surface area contributed by atoms with Gasteiger partial charge < -0.3 is 29.7 Å². The second-order valence-electron chi connectivity index (χ2n) is 16.0. The first-order chi connectivity index (χ1) is 26.0. The molecule has 2 aromatic rings. The standard InChI is InChI=1S/C23H24F4O5.C7H13NO.C6H13N.C5H12O3S/c1-3-5-30-11-17(29)13-32-23-20(26)9-15(10-21(23)27)6-14-7-18(24)22(19(25)8-14)31-12-16(28)4-2;1-5-6(9)8-7(2,3)4;1-6(2,3)7-4-5-7;1-5(2,3)8-9(4,6)7/h1,7-10,16-17,28-29H,4-6,11-13H2,2H3;5H,1H2,2-4H3,(H,8,9);4-5H2,1-3H3;1-4H3. The minimum atomic E-state index is -3.28. The largest absolute Gasteiger partial charge is 0.485 e. The van der Waals surface area contributed by atoms with Crippen LogP contribution in [0.25, 0.3) is 0 Å². The second-order valence-corrected chi connectivity index (χ2v) is 17.6. The van der Waals surface area contributed by atoms with E-state index >= 15 is 0 Å². The van der Waals surface area contributed by atoms with Crippen molar-refractivity contribution in [1.29, 1.82) is 0 Å². The van der Waals surface area contributed by atoms with Crippen LogP contribution in [-0.4, -0.2) is 104 Å². The van der Waals surface area contributed by atoms with Crippen LogP contribution in [0.5, 0.6) is 11.5 Å². The van der Waals surface area contributed by atoms with Gasteiger partial charge in [-0.15, -0.1) is 6.42 Å². The summed E-state index contributed by atoms with van der Waals surface area (Å²) in [6, 6.07) is 3.92. The number of hydrogen-bond acceptors (Lipinski definition) is 10. The molecule has 0 bridgehead atoms. The van der Waals surface area contributed by atoms with Crippen molar-refractivity contribution in [2.24, 2.45) is 0 Å². The third-order valence-electron chi connectivity index (χ3n) is 6.81. The molecule has 1 fully saturated rings. The fraction of sp³-hybridized carbons (Fsp3) is 0.585. The van der Waals surface area contributed by atoms with Crippen LogP contribution < -0.4 is 14.8 Å². The number of carbonyl (C=O) groups excluding carboxylic acids is 1. The van der Waals surface area contributed by atoms with Gasteiger partial charge in [0, 0.05) is 24.2 Å². The Labute approximate surface area is 336 Å². The number of amides is 1. The fourth-order valence-corrected chi connectivity index (χ4v) is 5.22. The van der Waals surface area contributed by atoms with E-state index in [0.29, 0.717) is 12.0 Å². The van der Waals surface area contributed by atoms with Crippen molar-refractivity contribution in [3.8, 4) is 23.8 Å². The van der Waals surface area contributed by atoms with Crippen LogP contribution in [0.2, 0.25) is 0 Å². The predicted octanol–water partition coefficient (Wildman–Crippen LogP) is 6.32. The first-order valence-corrected chi connectivity index (χ1v) is 20.0. The van der Waals surface area contributed by atoms with Gasteiger partial charge in [-0.3, -0.25) is 13.9 Å². The molecule has 57 heavy (non-hydrogen) atoms. The van der Waals surface area contributed by atoms with Crippen LogP contribution in [0, 0.1) is 35.6 Å². The summed E-state index contributed by atoms with van der Waals surface area (Å²) in [4.78, 5) is 13.0. The van der Waals surface area contributed by atoms with Crippen LogP contribution >= 0.6 is 0 Å². The number of halogens is 4. The average Bonchev–Trinajstić information content (AvgIpc) is 3.89. The molecule has 324 valence electrons. The van der Waals surface area contributed by atoms with Crippen LogP contribution in [0.1, 0.15) is 86.8 Å². The van der Waals surface area contributed by atoms with Gasteiger partial charge in [0.15, 0.2) is 34.8 Å². The van der Waals surface area contributed by atoms with Gasteiger partial charge in [0.2, 0.25) is 5.91 Å². The summed E-state index contributed by atoms with van der Waals surface area (Å²) < 4.78 is 97.4. The number of rotatable bonds is 14. The van der Waals surface area contributed by atoms with Crippen LogP contribution in [0.4, 0.5) is 17.6 Å². The van der Waals surface area contributed by atoms with E-state index in [1.807, 2.05) is 20.8 Å². The lowest BCUT2D eigenvalue weighted by molar-refractivity contribution is -0.117. The molecule has 1 aliphatic heterocycles. The molecule has 11 nitrogen and oxygen atoms in total. The van der Waals surface area contributed by atoms with Crippen molar-refractivity contribution in [1.82, 2.24) is 10.2 Å². The number of nitrogens with one attached hydrogen (secondary N) is 1. The minimum Gasteiger partial charge on any atom is -0.485 e. The highest BCUT2D eigenvalue weighted by atomic mass is 32.2. The van der Waals surface area contributed by atoms with Crippen molar-refractivity contribution >= 4 is 16.0 Å². The first-order valence-electron chi connectivity index (χ1n) is 18.2. The van der Waals surface area contributed by atoms with Crippen LogP contribution in [-0.2, 0) is 30.3 Å². The Morgan fingerprint density at radius 1 is 0.877 bits per heavy atom. The van der Waals surface area contributed by atoms with Gasteiger partial charge in [-0.1, -0.05) is 19.4 Å². The zero-order valence-electron chi connectivity index (χ0n) is 35.1. The second kappa shape index (κ2) is 24.3. The maximum Gasteiger partial charge on any atom is 0.264 e. The fourth-order valence-electron chi connectivity index (χ4n) is 4.31. The van der Waals surface area contributed by atoms with E-state index in [-0.39, 0.29) is 48.8 Å². The third-order valence-corrected chi connectivity index (χ3v) is 7.62. The molecule has 0 spiro atoms. The summed E-state index contributed by atoms with van der Waals surface area (Å²) in [7, 11) is -3.28. The van der Waals surface area contributed by atoms with E-state index in [1.165, 1.54) is 19.2 Å². The minimum absolute atomic E-state index is 0.0243. The lowest BCUT2D eigenvalue weighted by Crippen LogP contribution is -2.39. The number of aliphatic hydroxyl groups is 2. The highest BCUT2D eigenvalue weighted by molar-refractivity contribution is 7.86. The molecular formula is C41H62F4N2O9S. The Morgan fingerprint density at radius 2 is 1.30 bits per heavy atom. The topological polar surface area (TPSA) is 144 Å². The van der Waals surface area contributed by atoms with Crippen molar-refractivity contribution in [3.63, 3.8) is 0 Å². The molecule has 2 unspecified atom stereocenters. The lowest BCUT2D eigenvalue weighted by Gasteiger charge is -2.18. The Morgan fingerprint density at radius 3 is 1.54 bits per heavy atom. The number of benzene rings is 2. The first kappa shape index (κ1) is 53.3. The normalized spacial score (nSPS) is 13.8. The molecule has 0 radical (unpaired) electrons. The van der Waals surface area contributed by atoms with E-state index in [1.54, 1.807) is 27.7 Å². The number of hydrogen-bond donors (Lipinski definition) is 3. The van der Waals surface area contributed by atoms with Crippen LogP contribution in [0.3, 0.4) is 0 Å². The smallest absolute Gasteiger partial charge is 0.264 e. The molecule has 3 rings (SSSR count). The number of aliphatic hydroxyl groups excluding tert-OH is 2. The van der Waals surface area contributed by atoms with Gasteiger partial charge in [0.25, 0.3) is 10.1 Å². The monoisotopic (exact) mass is 834 g/mol. The van der Waals surface area contributed by atoms with Crippen molar-refractivity contribution in [2.45, 2.75) is 111 Å². The Kier molecular flexibility index (Phi) is 22.7. The summed E-state index contributed by atoms with van der Waals surface area (Å²) in [6.07, 6.45) is 5.49. The molecule has 2 aromatic carbocycles. The zero-order valence-corrected chi connectivity index (χ0v) is 35.9. The Bertz CT molecular complexity index is 1660. The van der Waals surface area contributed by atoms with Crippen molar-refractivity contribution in [2.75, 3.05) is 45.8 Å². The Hall–Kier alpha value is -3.72. The quantitative estimate of drug-likeness (QED) is 0.0494. The molecule has 1 saturated heterocycles. The summed E-state index contributed by atoms with van der Waals surface area (Å²) in [5.74, 6) is -3.31. The molecule has 0 aliphatic carbocycles. The molecule has 2 atom stereocenters. The van der Waals surface area contributed by atoms with Gasteiger partial charge in [-0.2, -0.15) is 8.42 Å². The predicted molar refractivity (Wildman–Crippen MR) is 214 cm³/mol. The number of terminal acetylenes is 1. The number of nitrogens with zero attached hydrogens (tertiary/aromatic N) is 1. The maximum absolute atomic E-state index is 14.3. The van der Waals surface area contributed by atoms with Gasteiger partial charge >= 0.3 is 0 Å². The highest BCUT2D eigenvalue weighted by Crippen LogP contribution is 2.28. The molecule has 16 heteroatoms. The molecular weight excluding hydrogens is 773 g/mol. The van der Waals surface area contributed by atoms with E-state index in [2.05, 4.69) is 47.7 Å². The molecule has 1 heterocycles. The van der Waals surface area contributed by atoms with E-state index < -0.39 is 69.3 Å². The molecule has 3 N–H and O–H groups in total. The van der Waals surface area contributed by atoms with Gasteiger partial charge in [0.05, 0.1) is 24.6 Å². The van der Waals surface area contributed by atoms with Crippen molar-refractivity contribution in [3.05, 3.63) is 71.3 Å². The lowest BCUT2D eigenvalue weighted by atomic mass is 10.0. The SMILES string of the molecule is C#CCOCC(O)COc1c(F)cc(Cc2cc(F)c(OCC(O)CC)c(F)c2)cc1F.C=CC(=O)NC(C)(C)C.CC(C)(C)N1CC1.CC(C)(C)OS(C)(=O)=O. The van der Waals surface area contributed by atoms with Gasteiger partial charge in [0.1, 0.15) is 25.9 Å². The Balaban J connectivity index is 0.00000100. The summed E-state index contributed by atoms with van der Waals surface area (Å²) in [6.45, 7) is 24.3. The molecule has 1 amide bonds. The van der Waals surface area contributed by atoms with Gasteiger partial charge in [-0.05, 0) is 117 Å². The van der Waals surface area contributed by atoms with Gasteiger partial charge in [-0.25, -0.2) is 17.6 Å². The maximum atomic E-state index is 14.3. The zero-order chi connectivity index (χ0) is 44.4. The number of carbonyl (C=O) groups is 1.